The summed E-state index contributed by atoms with van der Waals surface area (Å²) in [5.74, 6) is -0.246. The van der Waals surface area contributed by atoms with Crippen molar-refractivity contribution < 1.29 is 9.53 Å². The molecule has 2 atom stereocenters. The Morgan fingerprint density at radius 1 is 1.59 bits per heavy atom. The van der Waals surface area contributed by atoms with E-state index in [9.17, 15) is 4.79 Å². The van der Waals surface area contributed by atoms with Crippen molar-refractivity contribution in [2.24, 2.45) is 5.92 Å². The smallest absolute Gasteiger partial charge is 0.348 e. The molecule has 1 rings (SSSR count). The van der Waals surface area contributed by atoms with Crippen molar-refractivity contribution in [3.63, 3.8) is 0 Å². The predicted molar refractivity (Wildman–Crippen MR) is 65.1 cm³/mol. The van der Waals surface area contributed by atoms with Crippen LogP contribution in [0.1, 0.15) is 27.2 Å². The molecule has 17 heavy (non-hydrogen) atoms. The van der Waals surface area contributed by atoms with Crippen LogP contribution in [0.2, 0.25) is 0 Å². The normalized spacial score (nSPS) is 28.4. The molecule has 0 aromatic carbocycles. The number of carbonyl (C=O) groups is 1. The molecule has 0 bridgehead atoms. The van der Waals surface area contributed by atoms with Crippen LogP contribution in [0, 0.1) is 17.2 Å². The monoisotopic (exact) mass is 236 g/mol. The van der Waals surface area contributed by atoms with Crippen molar-refractivity contribution in [1.82, 2.24) is 4.90 Å². The molecule has 0 aliphatic carbocycles. The Morgan fingerprint density at radius 2 is 2.24 bits per heavy atom. The minimum atomic E-state index is -0.478. The van der Waals surface area contributed by atoms with Crippen molar-refractivity contribution in [1.29, 1.82) is 5.26 Å². The second-order valence-electron chi connectivity index (χ2n) is 4.63. The summed E-state index contributed by atoms with van der Waals surface area (Å²) in [6, 6.07) is 2.37. The Bertz CT molecular complexity index is 368. The molecule has 0 amide bonds. The largest absolute Gasteiger partial charge is 0.462 e. The Morgan fingerprint density at radius 3 is 2.76 bits per heavy atom. The van der Waals surface area contributed by atoms with E-state index in [0.717, 1.165) is 18.5 Å². The molecule has 4 nitrogen and oxygen atoms in total. The van der Waals surface area contributed by atoms with Crippen molar-refractivity contribution >= 4 is 5.97 Å². The standard InChI is InChI=1S/C13H20N2O2/c1-5-17-13(16)12(7-14)11-6-10(3)15(4)8-9(11)2/h9-10H,5-6,8H2,1-4H3/b12-11+. The van der Waals surface area contributed by atoms with E-state index in [1.165, 1.54) is 0 Å². The van der Waals surface area contributed by atoms with Crippen LogP contribution < -0.4 is 0 Å². The fraction of sp³-hybridized carbons (Fsp3) is 0.692. The summed E-state index contributed by atoms with van der Waals surface area (Å²) in [5, 5.41) is 9.12. The molecule has 1 heterocycles. The second-order valence-corrected chi connectivity index (χ2v) is 4.63. The first-order chi connectivity index (χ1) is 8.01. The highest BCUT2D eigenvalue weighted by Crippen LogP contribution is 2.28. The molecule has 0 N–H and O–H groups in total. The van der Waals surface area contributed by atoms with Gasteiger partial charge in [0, 0.05) is 12.6 Å². The van der Waals surface area contributed by atoms with Crippen LogP contribution in [-0.4, -0.2) is 37.1 Å². The number of esters is 1. The van der Waals surface area contributed by atoms with Gasteiger partial charge in [-0.05, 0) is 38.8 Å². The summed E-state index contributed by atoms with van der Waals surface area (Å²) in [5.41, 5.74) is 1.15. The van der Waals surface area contributed by atoms with Gasteiger partial charge in [0.2, 0.25) is 0 Å². The number of carbonyl (C=O) groups excluding carboxylic acids is 1. The summed E-state index contributed by atoms with van der Waals surface area (Å²) in [7, 11) is 2.06. The highest BCUT2D eigenvalue weighted by atomic mass is 16.5. The zero-order valence-electron chi connectivity index (χ0n) is 11.0. The molecular weight excluding hydrogens is 216 g/mol. The lowest BCUT2D eigenvalue weighted by Crippen LogP contribution is -2.40. The molecule has 4 heteroatoms. The van der Waals surface area contributed by atoms with Crippen molar-refractivity contribution in [3.8, 4) is 6.07 Å². The first kappa shape index (κ1) is 13.7. The van der Waals surface area contributed by atoms with Crippen LogP contribution in [0.3, 0.4) is 0 Å². The summed E-state index contributed by atoms with van der Waals surface area (Å²) >= 11 is 0. The lowest BCUT2D eigenvalue weighted by Gasteiger charge is -2.36. The maximum absolute atomic E-state index is 11.7. The van der Waals surface area contributed by atoms with Gasteiger partial charge in [0.15, 0.2) is 0 Å². The van der Waals surface area contributed by atoms with Gasteiger partial charge in [0.05, 0.1) is 6.61 Å². The van der Waals surface area contributed by atoms with Crippen LogP contribution in [0.5, 0.6) is 0 Å². The van der Waals surface area contributed by atoms with Gasteiger partial charge in [0.25, 0.3) is 0 Å². The van der Waals surface area contributed by atoms with E-state index in [-0.39, 0.29) is 11.5 Å². The molecule has 0 saturated carbocycles. The third kappa shape index (κ3) is 3.07. The van der Waals surface area contributed by atoms with Crippen LogP contribution in [0.25, 0.3) is 0 Å². The lowest BCUT2D eigenvalue weighted by atomic mass is 9.86. The van der Waals surface area contributed by atoms with Gasteiger partial charge in [-0.2, -0.15) is 5.26 Å². The number of rotatable bonds is 2. The Kier molecular flexibility index (Phi) is 4.71. The molecule has 0 aromatic heterocycles. The molecule has 0 radical (unpaired) electrons. The van der Waals surface area contributed by atoms with Gasteiger partial charge < -0.3 is 9.64 Å². The number of piperidine rings is 1. The molecule has 0 aromatic rings. The van der Waals surface area contributed by atoms with Gasteiger partial charge >= 0.3 is 5.97 Å². The topological polar surface area (TPSA) is 53.3 Å². The van der Waals surface area contributed by atoms with Gasteiger partial charge in [-0.15, -0.1) is 0 Å². The van der Waals surface area contributed by atoms with E-state index in [1.54, 1.807) is 6.92 Å². The van der Waals surface area contributed by atoms with E-state index < -0.39 is 5.97 Å². The summed E-state index contributed by atoms with van der Waals surface area (Å²) < 4.78 is 4.93. The average molecular weight is 236 g/mol. The number of hydrogen-bond acceptors (Lipinski definition) is 4. The minimum absolute atomic E-state index is 0.208. The van der Waals surface area contributed by atoms with Crippen LogP contribution >= 0.6 is 0 Å². The first-order valence-corrected chi connectivity index (χ1v) is 6.01. The summed E-state index contributed by atoms with van der Waals surface area (Å²) in [4.78, 5) is 13.9. The first-order valence-electron chi connectivity index (χ1n) is 6.01. The Hall–Kier alpha value is -1.34. The van der Waals surface area contributed by atoms with Gasteiger partial charge in [-0.25, -0.2) is 4.79 Å². The highest BCUT2D eigenvalue weighted by molar-refractivity contribution is 5.93. The number of nitrogens with zero attached hydrogens (tertiary/aromatic N) is 2. The lowest BCUT2D eigenvalue weighted by molar-refractivity contribution is -0.138. The van der Waals surface area contributed by atoms with Crippen molar-refractivity contribution in [3.05, 3.63) is 11.1 Å². The van der Waals surface area contributed by atoms with Crippen LogP contribution in [0.4, 0.5) is 0 Å². The SMILES string of the molecule is CCOC(=O)/C(C#N)=C1\CC(C)N(C)CC1C. The van der Waals surface area contributed by atoms with Crippen molar-refractivity contribution in [2.45, 2.75) is 33.2 Å². The number of likely N-dealkylation sites (tertiary alicyclic amines) is 1. The average Bonchev–Trinajstić information content (AvgIpc) is 2.26. The Labute approximate surface area is 103 Å². The van der Waals surface area contributed by atoms with Crippen molar-refractivity contribution in [2.75, 3.05) is 20.2 Å². The summed E-state index contributed by atoms with van der Waals surface area (Å²) in [6.45, 7) is 7.08. The molecule has 1 aliphatic rings. The van der Waals surface area contributed by atoms with Gasteiger partial charge in [-0.1, -0.05) is 6.92 Å². The summed E-state index contributed by atoms with van der Waals surface area (Å²) in [6.07, 6.45) is 0.763. The number of hydrogen-bond donors (Lipinski definition) is 0. The van der Waals surface area contributed by atoms with E-state index in [0.29, 0.717) is 12.6 Å². The van der Waals surface area contributed by atoms with Gasteiger partial charge in [-0.3, -0.25) is 0 Å². The molecular formula is C13H20N2O2. The fourth-order valence-electron chi connectivity index (χ4n) is 2.20. The number of nitriles is 1. The van der Waals surface area contributed by atoms with Crippen LogP contribution in [-0.2, 0) is 9.53 Å². The molecule has 1 saturated heterocycles. The van der Waals surface area contributed by atoms with Gasteiger partial charge in [0.1, 0.15) is 11.6 Å². The Balaban J connectivity index is 3.00. The van der Waals surface area contributed by atoms with E-state index in [4.69, 9.17) is 10.00 Å². The molecule has 94 valence electrons. The minimum Gasteiger partial charge on any atom is -0.462 e. The third-order valence-corrected chi connectivity index (χ3v) is 3.34. The highest BCUT2D eigenvalue weighted by Gasteiger charge is 2.29. The maximum atomic E-state index is 11.7. The fourth-order valence-corrected chi connectivity index (χ4v) is 2.20. The van der Waals surface area contributed by atoms with Crippen LogP contribution in [0.15, 0.2) is 11.1 Å². The molecule has 1 aliphatic heterocycles. The molecule has 2 unspecified atom stereocenters. The molecule has 0 spiro atoms. The maximum Gasteiger partial charge on any atom is 0.348 e. The third-order valence-electron chi connectivity index (χ3n) is 3.34. The second kappa shape index (κ2) is 5.83. The zero-order valence-corrected chi connectivity index (χ0v) is 11.0. The zero-order chi connectivity index (χ0) is 13.0. The quantitative estimate of drug-likeness (QED) is 0.416. The van der Waals surface area contributed by atoms with E-state index in [2.05, 4.69) is 18.9 Å². The molecule has 1 fully saturated rings. The number of ether oxygens (including phenoxy) is 1. The predicted octanol–water partition coefficient (Wildman–Crippen LogP) is 1.73. The van der Waals surface area contributed by atoms with E-state index in [1.807, 2.05) is 13.0 Å². The van der Waals surface area contributed by atoms with E-state index >= 15 is 0 Å².